The van der Waals surface area contributed by atoms with Crippen molar-refractivity contribution in [3.63, 3.8) is 0 Å². The van der Waals surface area contributed by atoms with E-state index in [0.29, 0.717) is 5.56 Å². The van der Waals surface area contributed by atoms with Crippen LogP contribution in [0, 0.1) is 33.5 Å². The zero-order chi connectivity index (χ0) is 17.3. The van der Waals surface area contributed by atoms with Crippen molar-refractivity contribution in [3.05, 3.63) is 82.4 Å². The molecule has 0 atom stereocenters. The third-order valence-corrected chi connectivity index (χ3v) is 4.22. The number of rotatable bonds is 3. The van der Waals surface area contributed by atoms with Gasteiger partial charge in [-0.15, -0.1) is 0 Å². The van der Waals surface area contributed by atoms with Gasteiger partial charge in [0.1, 0.15) is 5.82 Å². The van der Waals surface area contributed by atoms with Crippen molar-refractivity contribution in [2.24, 2.45) is 4.99 Å². The van der Waals surface area contributed by atoms with E-state index in [1.165, 1.54) is 11.6 Å². The first-order valence-corrected chi connectivity index (χ1v) is 8.02. The molecule has 0 saturated heterocycles. The van der Waals surface area contributed by atoms with Gasteiger partial charge in [-0.3, -0.25) is 4.99 Å². The zero-order valence-corrected chi connectivity index (χ0v) is 14.5. The maximum atomic E-state index is 13.3. The molecule has 0 radical (unpaired) electrons. The van der Waals surface area contributed by atoms with Crippen LogP contribution in [0.5, 0.6) is 0 Å². The van der Waals surface area contributed by atoms with Crippen molar-refractivity contribution in [2.45, 2.75) is 27.7 Å². The second kappa shape index (κ2) is 6.44. The summed E-state index contributed by atoms with van der Waals surface area (Å²) < 4.78 is 15.6. The molecule has 2 aromatic carbocycles. The highest BCUT2D eigenvalue weighted by Crippen LogP contribution is 2.22. The number of halogens is 1. The molecule has 3 heteroatoms. The van der Waals surface area contributed by atoms with Gasteiger partial charge in [-0.2, -0.15) is 0 Å². The first-order valence-electron chi connectivity index (χ1n) is 8.02. The molecule has 0 saturated carbocycles. The summed E-state index contributed by atoms with van der Waals surface area (Å²) >= 11 is 0. The summed E-state index contributed by atoms with van der Waals surface area (Å²) in [4.78, 5) is 4.50. The van der Waals surface area contributed by atoms with Crippen LogP contribution in [0.15, 0.2) is 53.5 Å². The Bertz CT molecular complexity index is 920. The first-order chi connectivity index (χ1) is 11.5. The van der Waals surface area contributed by atoms with Gasteiger partial charge >= 0.3 is 0 Å². The smallest absolute Gasteiger partial charge is 0.126 e. The maximum absolute atomic E-state index is 13.3. The summed E-state index contributed by atoms with van der Waals surface area (Å²) in [5.74, 6) is -0.202. The Kier molecular flexibility index (Phi) is 4.34. The van der Waals surface area contributed by atoms with E-state index in [9.17, 15) is 4.39 Å². The number of nitrogens with zero attached hydrogens (tertiary/aromatic N) is 2. The summed E-state index contributed by atoms with van der Waals surface area (Å²) in [7, 11) is 0. The summed E-state index contributed by atoms with van der Waals surface area (Å²) in [6, 6.07) is 15.5. The Hall–Kier alpha value is -2.68. The Morgan fingerprint density at radius 2 is 1.75 bits per heavy atom. The van der Waals surface area contributed by atoms with Gasteiger partial charge in [-0.1, -0.05) is 12.1 Å². The SMILES string of the molecule is Cc1cccc(-n2c(C)cc(C=Nc3ccc(F)c(C)c3)c2C)c1. The Morgan fingerprint density at radius 1 is 0.958 bits per heavy atom. The van der Waals surface area contributed by atoms with Crippen molar-refractivity contribution in [1.82, 2.24) is 4.57 Å². The number of benzene rings is 2. The molecule has 1 heterocycles. The molecule has 0 unspecified atom stereocenters. The molecule has 2 nitrogen and oxygen atoms in total. The lowest BCUT2D eigenvalue weighted by Gasteiger charge is -2.10. The number of aromatic nitrogens is 1. The molecule has 24 heavy (non-hydrogen) atoms. The van der Waals surface area contributed by atoms with Crippen molar-refractivity contribution < 1.29 is 4.39 Å². The van der Waals surface area contributed by atoms with E-state index in [-0.39, 0.29) is 5.82 Å². The third-order valence-electron chi connectivity index (χ3n) is 4.22. The van der Waals surface area contributed by atoms with Crippen LogP contribution >= 0.6 is 0 Å². The number of hydrogen-bond donors (Lipinski definition) is 0. The van der Waals surface area contributed by atoms with Crippen LogP contribution in [-0.4, -0.2) is 10.8 Å². The molecule has 0 amide bonds. The van der Waals surface area contributed by atoms with E-state index in [1.54, 1.807) is 19.1 Å². The largest absolute Gasteiger partial charge is 0.318 e. The van der Waals surface area contributed by atoms with Gasteiger partial charge in [0.2, 0.25) is 0 Å². The minimum absolute atomic E-state index is 0.202. The molecule has 0 bridgehead atoms. The number of aliphatic imine (C=N–C) groups is 1. The average Bonchev–Trinajstić information content (AvgIpc) is 2.82. The Balaban J connectivity index is 1.97. The molecule has 0 fully saturated rings. The molecule has 0 aliphatic carbocycles. The van der Waals surface area contributed by atoms with Crippen LogP contribution in [0.1, 0.15) is 28.1 Å². The standard InChI is InChI=1S/C21H21FN2/c1-14-6-5-7-20(10-14)24-16(3)12-18(17(24)4)13-23-19-8-9-21(22)15(2)11-19/h5-13H,1-4H3. The van der Waals surface area contributed by atoms with Crippen molar-refractivity contribution in [2.75, 3.05) is 0 Å². The van der Waals surface area contributed by atoms with E-state index in [0.717, 1.165) is 28.3 Å². The van der Waals surface area contributed by atoms with Crippen LogP contribution in [0.4, 0.5) is 10.1 Å². The topological polar surface area (TPSA) is 17.3 Å². The van der Waals surface area contributed by atoms with Gasteiger partial charge < -0.3 is 4.57 Å². The lowest BCUT2D eigenvalue weighted by atomic mass is 10.2. The molecule has 0 aliphatic heterocycles. The molecule has 0 spiro atoms. The molecule has 3 aromatic rings. The minimum atomic E-state index is -0.202. The molecule has 1 aromatic heterocycles. The monoisotopic (exact) mass is 320 g/mol. The maximum Gasteiger partial charge on any atom is 0.126 e. The van der Waals surface area contributed by atoms with Crippen LogP contribution in [0.2, 0.25) is 0 Å². The van der Waals surface area contributed by atoms with E-state index in [4.69, 9.17) is 0 Å². The predicted molar refractivity (Wildman–Crippen MR) is 98.4 cm³/mol. The van der Waals surface area contributed by atoms with Gasteiger partial charge in [0.05, 0.1) is 5.69 Å². The fraction of sp³-hybridized carbons (Fsp3) is 0.190. The number of hydrogen-bond acceptors (Lipinski definition) is 1. The Morgan fingerprint density at radius 3 is 2.46 bits per heavy atom. The van der Waals surface area contributed by atoms with Gasteiger partial charge in [-0.25, -0.2) is 4.39 Å². The highest BCUT2D eigenvalue weighted by molar-refractivity contribution is 5.84. The van der Waals surface area contributed by atoms with Crippen LogP contribution in [0.25, 0.3) is 5.69 Å². The molecular weight excluding hydrogens is 299 g/mol. The van der Waals surface area contributed by atoms with Crippen LogP contribution < -0.4 is 0 Å². The highest BCUT2D eigenvalue weighted by Gasteiger charge is 2.09. The zero-order valence-electron chi connectivity index (χ0n) is 14.5. The van der Waals surface area contributed by atoms with Crippen molar-refractivity contribution in [3.8, 4) is 5.69 Å². The first kappa shape index (κ1) is 16.2. The van der Waals surface area contributed by atoms with Crippen LogP contribution in [-0.2, 0) is 0 Å². The molecule has 3 rings (SSSR count). The van der Waals surface area contributed by atoms with Crippen LogP contribution in [0.3, 0.4) is 0 Å². The number of aryl methyl sites for hydroxylation is 3. The van der Waals surface area contributed by atoms with Crippen molar-refractivity contribution in [1.29, 1.82) is 0 Å². The second-order valence-corrected chi connectivity index (χ2v) is 6.19. The van der Waals surface area contributed by atoms with Gasteiger partial charge in [0.15, 0.2) is 0 Å². The summed E-state index contributed by atoms with van der Waals surface area (Å²) in [6.07, 6.45) is 1.85. The molecule has 122 valence electrons. The fourth-order valence-corrected chi connectivity index (χ4v) is 2.94. The van der Waals surface area contributed by atoms with Gasteiger partial charge in [0.25, 0.3) is 0 Å². The predicted octanol–water partition coefficient (Wildman–Crippen LogP) is 5.60. The summed E-state index contributed by atoms with van der Waals surface area (Å²) in [6.45, 7) is 8.02. The third kappa shape index (κ3) is 3.16. The molecular formula is C21H21FN2. The quantitative estimate of drug-likeness (QED) is 0.559. The minimum Gasteiger partial charge on any atom is -0.318 e. The highest BCUT2D eigenvalue weighted by atomic mass is 19.1. The van der Waals surface area contributed by atoms with E-state index in [1.807, 2.05) is 6.21 Å². The van der Waals surface area contributed by atoms with Gasteiger partial charge in [0, 0.05) is 28.9 Å². The van der Waals surface area contributed by atoms with E-state index >= 15 is 0 Å². The lowest BCUT2D eigenvalue weighted by Crippen LogP contribution is -1.99. The second-order valence-electron chi connectivity index (χ2n) is 6.19. The van der Waals surface area contributed by atoms with Crippen molar-refractivity contribution >= 4 is 11.9 Å². The average molecular weight is 320 g/mol. The molecule has 0 N–H and O–H groups in total. The molecule has 0 aliphatic rings. The summed E-state index contributed by atoms with van der Waals surface area (Å²) in [5.41, 5.74) is 7.12. The van der Waals surface area contributed by atoms with E-state index < -0.39 is 0 Å². The summed E-state index contributed by atoms with van der Waals surface area (Å²) in [5, 5.41) is 0. The normalized spacial score (nSPS) is 11.4. The lowest BCUT2D eigenvalue weighted by molar-refractivity contribution is 0.618. The Labute approximate surface area is 142 Å². The van der Waals surface area contributed by atoms with Gasteiger partial charge in [-0.05, 0) is 75.2 Å². The van der Waals surface area contributed by atoms with E-state index in [2.05, 4.69) is 60.7 Å². The fourth-order valence-electron chi connectivity index (χ4n) is 2.94.